The van der Waals surface area contributed by atoms with E-state index >= 15 is 0 Å². The lowest BCUT2D eigenvalue weighted by Gasteiger charge is -2.20. The van der Waals surface area contributed by atoms with Crippen LogP contribution in [0.5, 0.6) is 0 Å². The van der Waals surface area contributed by atoms with Crippen LogP contribution in [0.15, 0.2) is 53.1 Å². The van der Waals surface area contributed by atoms with E-state index in [2.05, 4.69) is 71.5 Å². The first-order valence-corrected chi connectivity index (χ1v) is 9.13. The molecular formula is C21H26N4O. The number of rotatable bonds is 8. The SMILES string of the molecule is CCN(CC)Cc1ccccc1NCc1nc(-c2cccc(C)c2)no1. The molecule has 0 saturated carbocycles. The molecule has 0 aliphatic rings. The molecule has 3 aromatic rings. The topological polar surface area (TPSA) is 54.2 Å². The summed E-state index contributed by atoms with van der Waals surface area (Å²) >= 11 is 0. The molecule has 5 nitrogen and oxygen atoms in total. The van der Waals surface area contributed by atoms with Gasteiger partial charge in [0.05, 0.1) is 6.54 Å². The molecule has 26 heavy (non-hydrogen) atoms. The summed E-state index contributed by atoms with van der Waals surface area (Å²) in [5, 5.41) is 7.54. The largest absolute Gasteiger partial charge is 0.376 e. The number of hydrogen-bond acceptors (Lipinski definition) is 5. The minimum Gasteiger partial charge on any atom is -0.376 e. The van der Waals surface area contributed by atoms with E-state index in [1.165, 1.54) is 11.1 Å². The van der Waals surface area contributed by atoms with Crippen LogP contribution in [-0.2, 0) is 13.1 Å². The zero-order valence-electron chi connectivity index (χ0n) is 15.7. The first kappa shape index (κ1) is 18.1. The lowest BCUT2D eigenvalue weighted by molar-refractivity contribution is 0.296. The van der Waals surface area contributed by atoms with Gasteiger partial charge in [0, 0.05) is 17.8 Å². The highest BCUT2D eigenvalue weighted by molar-refractivity contribution is 5.55. The van der Waals surface area contributed by atoms with Crippen molar-refractivity contribution in [2.75, 3.05) is 18.4 Å². The standard InChI is InChI=1S/C21H26N4O/c1-4-25(5-2)15-18-10-6-7-12-19(18)22-14-20-23-21(24-26-20)17-11-8-9-16(3)13-17/h6-13,22H,4-5,14-15H2,1-3H3. The molecule has 0 amide bonds. The summed E-state index contributed by atoms with van der Waals surface area (Å²) in [6.45, 7) is 9.93. The second-order valence-corrected chi connectivity index (χ2v) is 6.35. The summed E-state index contributed by atoms with van der Waals surface area (Å²) in [7, 11) is 0. The van der Waals surface area contributed by atoms with Gasteiger partial charge in [0.15, 0.2) is 0 Å². The van der Waals surface area contributed by atoms with Crippen LogP contribution in [0.4, 0.5) is 5.69 Å². The lowest BCUT2D eigenvalue weighted by Crippen LogP contribution is -2.22. The minimum atomic E-state index is 0.508. The van der Waals surface area contributed by atoms with Gasteiger partial charge in [-0.15, -0.1) is 0 Å². The number of nitrogens with zero attached hydrogens (tertiary/aromatic N) is 3. The number of hydrogen-bond donors (Lipinski definition) is 1. The van der Waals surface area contributed by atoms with Crippen molar-refractivity contribution in [2.24, 2.45) is 0 Å². The van der Waals surface area contributed by atoms with E-state index in [4.69, 9.17) is 4.52 Å². The van der Waals surface area contributed by atoms with Gasteiger partial charge in [-0.05, 0) is 37.7 Å². The molecule has 1 N–H and O–H groups in total. The van der Waals surface area contributed by atoms with E-state index in [1.807, 2.05) is 18.2 Å². The highest BCUT2D eigenvalue weighted by Gasteiger charge is 2.10. The summed E-state index contributed by atoms with van der Waals surface area (Å²) in [5.74, 6) is 1.21. The molecule has 0 bridgehead atoms. The van der Waals surface area contributed by atoms with Crippen LogP contribution in [0, 0.1) is 6.92 Å². The molecule has 3 rings (SSSR count). The van der Waals surface area contributed by atoms with Crippen LogP contribution < -0.4 is 5.32 Å². The van der Waals surface area contributed by atoms with Gasteiger partial charge in [-0.25, -0.2) is 0 Å². The van der Waals surface area contributed by atoms with Gasteiger partial charge in [-0.1, -0.05) is 61.0 Å². The van der Waals surface area contributed by atoms with E-state index in [9.17, 15) is 0 Å². The third-order valence-electron chi connectivity index (χ3n) is 4.48. The normalized spacial score (nSPS) is 11.1. The Labute approximate surface area is 155 Å². The fourth-order valence-corrected chi connectivity index (χ4v) is 2.92. The third-order valence-corrected chi connectivity index (χ3v) is 4.48. The van der Waals surface area contributed by atoms with Crippen molar-refractivity contribution in [1.82, 2.24) is 15.0 Å². The summed E-state index contributed by atoms with van der Waals surface area (Å²) in [6.07, 6.45) is 0. The Bertz CT molecular complexity index is 839. The average Bonchev–Trinajstić information content (AvgIpc) is 3.14. The number of nitrogens with one attached hydrogen (secondary N) is 1. The van der Waals surface area contributed by atoms with Gasteiger partial charge in [-0.3, -0.25) is 4.90 Å². The predicted octanol–water partition coefficient (Wildman–Crippen LogP) is 4.50. The summed E-state index contributed by atoms with van der Waals surface area (Å²) in [6, 6.07) is 16.5. The molecule has 0 aliphatic heterocycles. The second-order valence-electron chi connectivity index (χ2n) is 6.35. The van der Waals surface area contributed by atoms with Crippen molar-refractivity contribution in [1.29, 1.82) is 0 Å². The Balaban J connectivity index is 1.68. The van der Waals surface area contributed by atoms with Crippen LogP contribution in [0.25, 0.3) is 11.4 Å². The third kappa shape index (κ3) is 4.49. The van der Waals surface area contributed by atoms with Crippen molar-refractivity contribution in [2.45, 2.75) is 33.9 Å². The molecule has 0 radical (unpaired) electrons. The van der Waals surface area contributed by atoms with Gasteiger partial charge in [0.1, 0.15) is 0 Å². The Kier molecular flexibility index (Phi) is 6.02. The number of anilines is 1. The van der Waals surface area contributed by atoms with Gasteiger partial charge in [-0.2, -0.15) is 4.98 Å². The maximum atomic E-state index is 5.41. The zero-order chi connectivity index (χ0) is 18.4. The Morgan fingerprint density at radius 1 is 1.04 bits per heavy atom. The van der Waals surface area contributed by atoms with Crippen LogP contribution in [-0.4, -0.2) is 28.1 Å². The molecular weight excluding hydrogens is 324 g/mol. The summed E-state index contributed by atoms with van der Waals surface area (Å²) < 4.78 is 5.41. The molecule has 0 atom stereocenters. The fourth-order valence-electron chi connectivity index (χ4n) is 2.92. The van der Waals surface area contributed by atoms with Crippen LogP contribution in [0.3, 0.4) is 0 Å². The molecule has 1 heterocycles. The van der Waals surface area contributed by atoms with Gasteiger partial charge >= 0.3 is 0 Å². The first-order chi connectivity index (χ1) is 12.7. The number of aromatic nitrogens is 2. The molecule has 0 fully saturated rings. The Morgan fingerprint density at radius 3 is 2.62 bits per heavy atom. The smallest absolute Gasteiger partial charge is 0.246 e. The molecule has 0 spiro atoms. The second kappa shape index (κ2) is 8.63. The van der Waals surface area contributed by atoms with E-state index in [0.717, 1.165) is 30.9 Å². The highest BCUT2D eigenvalue weighted by atomic mass is 16.5. The maximum absolute atomic E-state index is 5.41. The first-order valence-electron chi connectivity index (χ1n) is 9.13. The summed E-state index contributed by atoms with van der Waals surface area (Å²) in [4.78, 5) is 6.90. The van der Waals surface area contributed by atoms with Gasteiger partial charge in [0.25, 0.3) is 0 Å². The van der Waals surface area contributed by atoms with Crippen molar-refractivity contribution in [3.8, 4) is 11.4 Å². The molecule has 0 aliphatic carbocycles. The molecule has 2 aromatic carbocycles. The molecule has 5 heteroatoms. The van der Waals surface area contributed by atoms with Gasteiger partial charge in [0.2, 0.25) is 11.7 Å². The Morgan fingerprint density at radius 2 is 1.85 bits per heavy atom. The van der Waals surface area contributed by atoms with Crippen molar-refractivity contribution in [3.63, 3.8) is 0 Å². The minimum absolute atomic E-state index is 0.508. The van der Waals surface area contributed by atoms with E-state index in [-0.39, 0.29) is 0 Å². The number of para-hydroxylation sites is 1. The lowest BCUT2D eigenvalue weighted by atomic mass is 10.1. The van der Waals surface area contributed by atoms with E-state index in [1.54, 1.807) is 0 Å². The van der Waals surface area contributed by atoms with E-state index < -0.39 is 0 Å². The van der Waals surface area contributed by atoms with Crippen molar-refractivity contribution < 1.29 is 4.52 Å². The van der Waals surface area contributed by atoms with Gasteiger partial charge < -0.3 is 9.84 Å². The van der Waals surface area contributed by atoms with Crippen molar-refractivity contribution >= 4 is 5.69 Å². The highest BCUT2D eigenvalue weighted by Crippen LogP contribution is 2.20. The fraction of sp³-hybridized carbons (Fsp3) is 0.333. The van der Waals surface area contributed by atoms with Crippen LogP contribution in [0.2, 0.25) is 0 Å². The molecule has 0 saturated heterocycles. The quantitative estimate of drug-likeness (QED) is 0.648. The number of aryl methyl sites for hydroxylation is 1. The van der Waals surface area contributed by atoms with Crippen LogP contribution >= 0.6 is 0 Å². The van der Waals surface area contributed by atoms with E-state index in [0.29, 0.717) is 18.3 Å². The van der Waals surface area contributed by atoms with Crippen LogP contribution in [0.1, 0.15) is 30.9 Å². The van der Waals surface area contributed by atoms with Crippen molar-refractivity contribution in [3.05, 3.63) is 65.5 Å². The zero-order valence-corrected chi connectivity index (χ0v) is 15.7. The Hall–Kier alpha value is -2.66. The predicted molar refractivity (Wildman–Crippen MR) is 105 cm³/mol. The number of benzene rings is 2. The average molecular weight is 350 g/mol. The summed E-state index contributed by atoms with van der Waals surface area (Å²) in [5.41, 5.74) is 4.53. The molecule has 0 unspecified atom stereocenters. The molecule has 136 valence electrons. The molecule has 1 aromatic heterocycles. The monoisotopic (exact) mass is 350 g/mol. The maximum Gasteiger partial charge on any atom is 0.246 e.